The molecule has 0 aromatic rings. The molecule has 33 atom stereocenters. The molecule has 4 amide bonds. The summed E-state index contributed by atoms with van der Waals surface area (Å²) in [6.07, 6.45) is -12.7. The van der Waals surface area contributed by atoms with E-state index in [-0.39, 0.29) is 12.3 Å². The van der Waals surface area contributed by atoms with Crippen molar-refractivity contribution in [3.05, 3.63) is 12.2 Å². The highest BCUT2D eigenvalue weighted by Gasteiger charge is 2.62. The van der Waals surface area contributed by atoms with E-state index in [2.05, 4.69) is 35.1 Å². The number of carboxylic acid groups (broad SMARTS) is 1. The average molecular weight is 1860 g/mol. The third-order valence-electron chi connectivity index (χ3n) is 25.1. The summed E-state index contributed by atoms with van der Waals surface area (Å²) in [5, 5.41) is 224. The predicted molar refractivity (Wildman–Crippen MR) is 460 cm³/mol. The summed E-state index contributed by atoms with van der Waals surface area (Å²) in [7, 11) is 0. The van der Waals surface area contributed by atoms with Crippen molar-refractivity contribution in [1.29, 1.82) is 0 Å². The van der Waals surface area contributed by atoms with E-state index in [9.17, 15) is 121 Å². The first kappa shape index (κ1) is 114. The highest BCUT2D eigenvalue weighted by molar-refractivity contribution is 5.77. The van der Waals surface area contributed by atoms with Crippen LogP contribution >= 0.6 is 0 Å². The molecule has 752 valence electrons. The standard InChI is InChI=1S/C89H160N4O36/c1-6-8-10-12-14-16-18-20-21-22-23-24-25-26-27-28-29-31-33-35-37-39-41-43-64(106)93-55(56(103)42-40-38-36-34-32-30-19-17-15-13-11-9-7-2)51-118-85-74(113)73(112)78(63(50-99)123-85)125-87-75(114)81(70(109)60(47-96)121-87)126-83-66(91-53(4)101)72(111)77(62(49-98)122-83)124-86-76(115)82(71(110)61(48-97)120-86)127-84-67(92-54(5)102)80(69(108)59(46-95)119-84)129-89(88(116)117)44-57(104)65(90-52(3)100)79(128-89)68(107)58(105)45-94/h40,42,55-63,65-87,94-99,103-105,107-115H,6-39,41,43-51H2,1-5H3,(H,90,100)(H,91,101)(H,92,102)(H,93,106)(H,116,117)/b42-40+/t55-,56+,57?,58+,59?,60?,61?,62?,63?,65+,66?,67?,68+,69-,70-,71-,72+,73+,74?,75?,76?,77+,78+,79?,80+,81-,82-,83-,84-,85+,86-,87-,89-/m0/s1. The van der Waals surface area contributed by atoms with Crippen LogP contribution in [0.3, 0.4) is 0 Å². The number of allylic oxidation sites excluding steroid dienone is 1. The van der Waals surface area contributed by atoms with Gasteiger partial charge in [-0.1, -0.05) is 231 Å². The van der Waals surface area contributed by atoms with Crippen LogP contribution < -0.4 is 21.3 Å². The SMILES string of the molecule is CCCCCCCCCCCCC/C=C/[C@@H](O)[C@H](CO[C@@H]1OC(CO)[C@@H](O[C@@H]2OC(CO)[C@H](O)[C@H](O[C@@H]3OC(CO)[C@@H](O[C@@H]4OC(CO)[C@H](O)[C@H](O[C@@H]5OC(CO)[C@H](O)[C@H](O[C@]6(C(=O)O)CC(O)[C@@H](NC(C)=O)C([C@H](O)[C@H](O)CO)O6)C5NC(C)=O)C4O)[C@H](O)C3NC(C)=O)C2O)[C@H](O)C1O)NC(=O)CCCCCCCCCCCCCCCCCCCCCCCCC. The van der Waals surface area contributed by atoms with E-state index in [1.54, 1.807) is 6.08 Å². The number of aliphatic carboxylic acids is 1. The van der Waals surface area contributed by atoms with Crippen molar-refractivity contribution in [2.75, 3.05) is 46.2 Å². The maximum absolute atomic E-state index is 13.6. The topological polar surface area (TPSA) is 629 Å². The summed E-state index contributed by atoms with van der Waals surface area (Å²) in [5.41, 5.74) is 0. The zero-order chi connectivity index (χ0) is 94.7. The van der Waals surface area contributed by atoms with Gasteiger partial charge >= 0.3 is 5.97 Å². The molecule has 0 spiro atoms. The number of ether oxygens (including phenoxy) is 12. The van der Waals surface area contributed by atoms with Crippen molar-refractivity contribution in [3.63, 3.8) is 0 Å². The van der Waals surface area contributed by atoms with Crippen LogP contribution in [-0.2, 0) is 80.8 Å². The Hall–Kier alpha value is -4.11. The van der Waals surface area contributed by atoms with E-state index in [0.717, 1.165) is 72.1 Å². The normalized spacial score (nSPS) is 34.3. The first-order valence-electron chi connectivity index (χ1n) is 47.6. The van der Waals surface area contributed by atoms with E-state index in [0.29, 0.717) is 12.8 Å². The van der Waals surface area contributed by atoms with Gasteiger partial charge in [0.05, 0.1) is 70.5 Å². The number of carbonyl (C=O) groups excluding carboxylic acids is 4. The van der Waals surface area contributed by atoms with Gasteiger partial charge in [-0.3, -0.25) is 19.2 Å². The number of hydrogen-bond acceptors (Lipinski definition) is 35. The number of amides is 4. The molecule has 0 bridgehead atoms. The number of aliphatic hydroxyl groups excluding tert-OH is 18. The molecule has 6 rings (SSSR count). The molecule has 0 aliphatic carbocycles. The number of hydrogen-bond donors (Lipinski definition) is 23. The van der Waals surface area contributed by atoms with Gasteiger partial charge in [-0.15, -0.1) is 0 Å². The van der Waals surface area contributed by atoms with Crippen molar-refractivity contribution in [2.24, 2.45) is 0 Å². The molecule has 40 heteroatoms. The van der Waals surface area contributed by atoms with Crippen LogP contribution in [0.25, 0.3) is 0 Å². The number of nitrogens with one attached hydrogen (secondary N) is 4. The molecule has 6 heterocycles. The zero-order valence-electron chi connectivity index (χ0n) is 76.2. The van der Waals surface area contributed by atoms with Crippen molar-refractivity contribution < 1.29 is 178 Å². The van der Waals surface area contributed by atoms with Crippen molar-refractivity contribution >= 4 is 29.6 Å². The lowest BCUT2D eigenvalue weighted by Gasteiger charge is -2.52. The van der Waals surface area contributed by atoms with Crippen LogP contribution in [0, 0.1) is 0 Å². The molecule has 0 aromatic heterocycles. The highest BCUT2D eigenvalue weighted by Crippen LogP contribution is 2.41. The second kappa shape index (κ2) is 61.2. The Balaban J connectivity index is 1.09. The molecule has 0 aromatic carbocycles. The number of carboxylic acids is 1. The van der Waals surface area contributed by atoms with Crippen molar-refractivity contribution in [2.45, 2.75) is 474 Å². The molecule has 129 heavy (non-hydrogen) atoms. The second-order valence-corrected chi connectivity index (χ2v) is 35.6. The Kier molecular flexibility index (Phi) is 53.9. The van der Waals surface area contributed by atoms with E-state index >= 15 is 0 Å². The Morgan fingerprint density at radius 2 is 0.760 bits per heavy atom. The number of rotatable bonds is 64. The minimum atomic E-state index is -3.24. The molecular formula is C89H160N4O36. The predicted octanol–water partition coefficient (Wildman–Crippen LogP) is 0.0464. The Morgan fingerprint density at radius 1 is 0.403 bits per heavy atom. The molecule has 6 aliphatic rings. The van der Waals surface area contributed by atoms with Gasteiger partial charge in [-0.2, -0.15) is 0 Å². The lowest BCUT2D eigenvalue weighted by Crippen LogP contribution is -2.72. The third kappa shape index (κ3) is 36.1. The van der Waals surface area contributed by atoms with Gasteiger partial charge < -0.3 is 175 Å². The van der Waals surface area contributed by atoms with Gasteiger partial charge in [-0.05, 0) is 19.3 Å². The fraction of sp³-hybridized carbons (Fsp3) is 0.921. The van der Waals surface area contributed by atoms with Gasteiger partial charge in [0.25, 0.3) is 5.79 Å². The van der Waals surface area contributed by atoms with Gasteiger partial charge in [0.1, 0.15) is 140 Å². The summed E-state index contributed by atoms with van der Waals surface area (Å²) in [6.45, 7) is 0.291. The molecule has 6 saturated heterocycles. The van der Waals surface area contributed by atoms with Crippen LogP contribution in [0.2, 0.25) is 0 Å². The molecule has 0 saturated carbocycles. The van der Waals surface area contributed by atoms with Crippen LogP contribution in [-0.4, -0.2) is 375 Å². The minimum absolute atomic E-state index is 0.161. The first-order valence-corrected chi connectivity index (χ1v) is 47.6. The smallest absolute Gasteiger partial charge is 0.364 e. The monoisotopic (exact) mass is 1860 g/mol. The van der Waals surface area contributed by atoms with E-state index < -0.39 is 278 Å². The number of aliphatic hydroxyl groups is 18. The fourth-order valence-electron chi connectivity index (χ4n) is 17.6. The van der Waals surface area contributed by atoms with Gasteiger partial charge in [-0.25, -0.2) is 4.79 Å². The molecular weight excluding hydrogens is 1700 g/mol. The quantitative estimate of drug-likeness (QED) is 0.0282. The summed E-state index contributed by atoms with van der Waals surface area (Å²) in [6, 6.07) is -6.73. The lowest BCUT2D eigenvalue weighted by atomic mass is 9.88. The highest BCUT2D eigenvalue weighted by atomic mass is 16.8. The molecule has 6 fully saturated rings. The third-order valence-corrected chi connectivity index (χ3v) is 25.1. The molecule has 6 aliphatic heterocycles. The first-order chi connectivity index (χ1) is 61.9. The largest absolute Gasteiger partial charge is 0.477 e. The zero-order valence-corrected chi connectivity index (χ0v) is 76.2. The van der Waals surface area contributed by atoms with E-state index in [1.165, 1.54) is 161 Å². The maximum atomic E-state index is 13.6. The van der Waals surface area contributed by atoms with Crippen LogP contribution in [0.4, 0.5) is 0 Å². The van der Waals surface area contributed by atoms with Crippen LogP contribution in [0.15, 0.2) is 12.2 Å². The summed E-state index contributed by atoms with van der Waals surface area (Å²) < 4.78 is 71.6. The number of carbonyl (C=O) groups is 5. The van der Waals surface area contributed by atoms with Gasteiger partial charge in [0, 0.05) is 33.6 Å². The Labute approximate surface area is 758 Å². The van der Waals surface area contributed by atoms with Crippen LogP contribution in [0.5, 0.6) is 0 Å². The summed E-state index contributed by atoms with van der Waals surface area (Å²) >= 11 is 0. The second-order valence-electron chi connectivity index (χ2n) is 35.6. The number of unbranched alkanes of at least 4 members (excludes halogenated alkanes) is 33. The van der Waals surface area contributed by atoms with Crippen LogP contribution in [0.1, 0.15) is 272 Å². The lowest BCUT2D eigenvalue weighted by molar-refractivity contribution is -0.388. The van der Waals surface area contributed by atoms with Gasteiger partial charge in [0.2, 0.25) is 23.6 Å². The van der Waals surface area contributed by atoms with Gasteiger partial charge in [0.15, 0.2) is 31.5 Å². The average Bonchev–Trinajstić information content (AvgIpc) is 0.745. The molecule has 23 N–H and O–H groups in total. The fourth-order valence-corrected chi connectivity index (χ4v) is 17.6. The Morgan fingerprint density at radius 3 is 1.17 bits per heavy atom. The van der Waals surface area contributed by atoms with Crippen molar-refractivity contribution in [3.8, 4) is 0 Å². The van der Waals surface area contributed by atoms with E-state index in [1.807, 2.05) is 6.08 Å². The Bertz CT molecular complexity index is 3110. The summed E-state index contributed by atoms with van der Waals surface area (Å²) in [5.74, 6) is -8.42. The molecule has 0 radical (unpaired) electrons. The summed E-state index contributed by atoms with van der Waals surface area (Å²) in [4.78, 5) is 65.4. The van der Waals surface area contributed by atoms with Crippen molar-refractivity contribution in [1.82, 2.24) is 21.3 Å². The molecule has 12 unspecified atom stereocenters. The minimum Gasteiger partial charge on any atom is -0.477 e. The van der Waals surface area contributed by atoms with E-state index in [4.69, 9.17) is 56.8 Å². The maximum Gasteiger partial charge on any atom is 0.364 e. The molecule has 40 nitrogen and oxygen atoms in total.